The average molecular weight is 303 g/mol. The smallest absolute Gasteiger partial charge is 0.261 e. The molecular formula is C16H21N3O3. The van der Waals surface area contributed by atoms with E-state index in [1.165, 1.54) is 10.9 Å². The number of nitrogens with one attached hydrogen (secondary N) is 1. The molecule has 1 fully saturated rings. The Morgan fingerprint density at radius 1 is 1.27 bits per heavy atom. The molecule has 0 bridgehead atoms. The van der Waals surface area contributed by atoms with Gasteiger partial charge in [0.05, 0.1) is 17.2 Å². The highest BCUT2D eigenvalue weighted by Crippen LogP contribution is 2.17. The van der Waals surface area contributed by atoms with Crippen LogP contribution < -0.4 is 10.9 Å². The fraction of sp³-hybridized carbons (Fsp3) is 0.375. The molecule has 3 rings (SSSR count). The number of carbonyl (C=O) groups excluding carboxylic acids is 2. The summed E-state index contributed by atoms with van der Waals surface area (Å²) in [6, 6.07) is 4.75. The summed E-state index contributed by atoms with van der Waals surface area (Å²) in [4.78, 5) is 39.7. The molecule has 22 heavy (non-hydrogen) atoms. The van der Waals surface area contributed by atoms with E-state index in [0.717, 1.165) is 5.56 Å². The van der Waals surface area contributed by atoms with Gasteiger partial charge in [0.15, 0.2) is 0 Å². The lowest BCUT2D eigenvalue weighted by atomic mass is 10.1. The Kier molecular flexibility index (Phi) is 4.70. The Labute approximate surface area is 129 Å². The van der Waals surface area contributed by atoms with E-state index in [1.54, 1.807) is 12.1 Å². The summed E-state index contributed by atoms with van der Waals surface area (Å²) in [6.45, 7) is 5.89. The van der Waals surface area contributed by atoms with Crippen LogP contribution in [-0.2, 0) is 9.59 Å². The van der Waals surface area contributed by atoms with Crippen LogP contribution in [0.4, 0.5) is 0 Å². The third kappa shape index (κ3) is 2.90. The third-order valence-electron chi connectivity index (χ3n) is 3.48. The van der Waals surface area contributed by atoms with Crippen molar-refractivity contribution in [1.29, 1.82) is 0 Å². The molecule has 1 N–H and O–H groups in total. The van der Waals surface area contributed by atoms with Crippen molar-refractivity contribution in [1.82, 2.24) is 14.9 Å². The van der Waals surface area contributed by atoms with E-state index in [1.807, 2.05) is 26.8 Å². The maximum atomic E-state index is 12.5. The lowest BCUT2D eigenvalue weighted by Gasteiger charge is -2.22. The zero-order valence-corrected chi connectivity index (χ0v) is 12.9. The molecule has 1 aliphatic rings. The summed E-state index contributed by atoms with van der Waals surface area (Å²) >= 11 is 0. The second kappa shape index (κ2) is 6.51. The number of rotatable bonds is 1. The van der Waals surface area contributed by atoms with Crippen LogP contribution in [0, 0.1) is 6.92 Å². The van der Waals surface area contributed by atoms with Crippen molar-refractivity contribution < 1.29 is 11.0 Å². The summed E-state index contributed by atoms with van der Waals surface area (Å²) in [5.41, 5.74) is 1.30. The fourth-order valence-corrected chi connectivity index (χ4v) is 2.42. The van der Waals surface area contributed by atoms with Gasteiger partial charge in [-0.25, -0.2) is 4.98 Å². The number of hydrogen-bond acceptors (Lipinski definition) is 4. The Hall–Kier alpha value is -2.50. The summed E-state index contributed by atoms with van der Waals surface area (Å²) in [5.74, 6) is -0.749. The van der Waals surface area contributed by atoms with Crippen LogP contribution >= 0.6 is 0 Å². The third-order valence-corrected chi connectivity index (χ3v) is 3.48. The van der Waals surface area contributed by atoms with E-state index in [9.17, 15) is 14.4 Å². The SMILES string of the molecule is CC.Cc1ccc2ncn(C3CCC(=O)NC3=O)c(=O)c2c1.[HH]. The van der Waals surface area contributed by atoms with Crippen molar-refractivity contribution in [2.24, 2.45) is 0 Å². The molecule has 1 aromatic carbocycles. The number of piperidine rings is 1. The monoisotopic (exact) mass is 303 g/mol. The lowest BCUT2D eigenvalue weighted by molar-refractivity contribution is -0.135. The zero-order valence-electron chi connectivity index (χ0n) is 12.9. The summed E-state index contributed by atoms with van der Waals surface area (Å²) in [6.07, 6.45) is 1.93. The maximum Gasteiger partial charge on any atom is 0.261 e. The van der Waals surface area contributed by atoms with Gasteiger partial charge < -0.3 is 0 Å². The van der Waals surface area contributed by atoms with Crippen molar-refractivity contribution in [2.75, 3.05) is 0 Å². The average Bonchev–Trinajstić information content (AvgIpc) is 2.51. The van der Waals surface area contributed by atoms with Crippen LogP contribution in [-0.4, -0.2) is 21.4 Å². The molecule has 0 spiro atoms. The zero-order chi connectivity index (χ0) is 16.3. The minimum Gasteiger partial charge on any atom is -0.295 e. The van der Waals surface area contributed by atoms with Crippen LogP contribution in [0.5, 0.6) is 0 Å². The van der Waals surface area contributed by atoms with Crippen molar-refractivity contribution in [3.63, 3.8) is 0 Å². The van der Waals surface area contributed by atoms with E-state index < -0.39 is 11.9 Å². The first-order valence-corrected chi connectivity index (χ1v) is 7.37. The van der Waals surface area contributed by atoms with E-state index in [4.69, 9.17) is 0 Å². The van der Waals surface area contributed by atoms with Crippen molar-refractivity contribution in [3.8, 4) is 0 Å². The molecular weight excluding hydrogens is 282 g/mol. The van der Waals surface area contributed by atoms with Gasteiger partial charge >= 0.3 is 0 Å². The molecule has 0 saturated carbocycles. The first kappa shape index (κ1) is 15.9. The van der Waals surface area contributed by atoms with Gasteiger partial charge in [-0.15, -0.1) is 0 Å². The Bertz CT molecular complexity index is 786. The van der Waals surface area contributed by atoms with Crippen molar-refractivity contribution in [2.45, 2.75) is 39.7 Å². The number of aryl methyl sites for hydroxylation is 1. The van der Waals surface area contributed by atoms with Crippen molar-refractivity contribution >= 4 is 22.7 Å². The molecule has 1 aromatic heterocycles. The van der Waals surface area contributed by atoms with Gasteiger partial charge in [0.25, 0.3) is 5.56 Å². The van der Waals surface area contributed by atoms with Crippen LogP contribution in [0.15, 0.2) is 29.3 Å². The van der Waals surface area contributed by atoms with Crippen LogP contribution in [0.25, 0.3) is 10.9 Å². The Morgan fingerprint density at radius 3 is 2.68 bits per heavy atom. The molecule has 1 saturated heterocycles. The summed E-state index contributed by atoms with van der Waals surface area (Å²) < 4.78 is 1.31. The minimum absolute atomic E-state index is 0. The normalized spacial score (nSPS) is 17.7. The van der Waals surface area contributed by atoms with Gasteiger partial charge in [0, 0.05) is 7.85 Å². The second-order valence-electron chi connectivity index (χ2n) is 4.94. The molecule has 6 heteroatoms. The van der Waals surface area contributed by atoms with Crippen LogP contribution in [0.1, 0.15) is 39.7 Å². The fourth-order valence-electron chi connectivity index (χ4n) is 2.42. The number of fused-ring (bicyclic) bond motifs is 1. The molecule has 1 unspecified atom stereocenters. The van der Waals surface area contributed by atoms with E-state index in [-0.39, 0.29) is 19.3 Å². The number of imide groups is 1. The van der Waals surface area contributed by atoms with Crippen molar-refractivity contribution in [3.05, 3.63) is 40.4 Å². The second-order valence-corrected chi connectivity index (χ2v) is 4.94. The molecule has 1 atom stereocenters. The van der Waals surface area contributed by atoms with Gasteiger partial charge in [-0.05, 0) is 25.5 Å². The van der Waals surface area contributed by atoms with Gasteiger partial charge in [-0.2, -0.15) is 0 Å². The molecule has 0 aliphatic carbocycles. The molecule has 2 heterocycles. The number of aromatic nitrogens is 2. The predicted octanol–water partition coefficient (Wildman–Crippen LogP) is 1.95. The first-order chi connectivity index (χ1) is 10.6. The molecule has 2 aromatic rings. The Morgan fingerprint density at radius 2 is 2.00 bits per heavy atom. The Balaban J connectivity index is 0.000000849. The van der Waals surface area contributed by atoms with Gasteiger partial charge in [-0.3, -0.25) is 24.3 Å². The quantitative estimate of drug-likeness (QED) is 0.816. The molecule has 0 radical (unpaired) electrons. The molecule has 118 valence electrons. The summed E-state index contributed by atoms with van der Waals surface area (Å²) in [7, 11) is 0. The molecule has 1 aliphatic heterocycles. The van der Waals surface area contributed by atoms with Gasteiger partial charge in [0.1, 0.15) is 6.04 Å². The number of hydrogen-bond donors (Lipinski definition) is 1. The highest BCUT2D eigenvalue weighted by molar-refractivity contribution is 5.99. The number of nitrogens with zero attached hydrogens (tertiary/aromatic N) is 2. The van der Waals surface area contributed by atoms with E-state index in [2.05, 4.69) is 10.3 Å². The molecule has 2 amide bonds. The summed E-state index contributed by atoms with van der Waals surface area (Å²) in [5, 5.41) is 2.73. The first-order valence-electron chi connectivity index (χ1n) is 7.37. The number of carbonyl (C=O) groups is 2. The largest absolute Gasteiger partial charge is 0.295 e. The number of benzene rings is 1. The highest BCUT2D eigenvalue weighted by atomic mass is 16.2. The highest BCUT2D eigenvalue weighted by Gasteiger charge is 2.29. The topological polar surface area (TPSA) is 81.1 Å². The van der Waals surface area contributed by atoms with E-state index in [0.29, 0.717) is 17.3 Å². The van der Waals surface area contributed by atoms with Crippen LogP contribution in [0.3, 0.4) is 0 Å². The molecule has 6 nitrogen and oxygen atoms in total. The van der Waals surface area contributed by atoms with Gasteiger partial charge in [0.2, 0.25) is 11.8 Å². The van der Waals surface area contributed by atoms with E-state index >= 15 is 0 Å². The standard InChI is InChI=1S/C14H13N3O3.C2H6.H2/c1-8-2-3-10-9(6-8)14(20)17(7-15-10)11-4-5-12(18)16-13(11)19;1-2;/h2-3,6-7,11H,4-5H2,1H3,(H,16,18,19);1-2H3;1H. The van der Waals surface area contributed by atoms with Gasteiger partial charge in [-0.1, -0.05) is 25.5 Å². The minimum atomic E-state index is -0.669. The lowest BCUT2D eigenvalue weighted by Crippen LogP contribution is -2.44. The van der Waals surface area contributed by atoms with Crippen LogP contribution in [0.2, 0.25) is 0 Å². The predicted molar refractivity (Wildman–Crippen MR) is 85.6 cm³/mol. The number of amides is 2. The maximum absolute atomic E-state index is 12.5.